The first kappa shape index (κ1) is 17.7. The number of anilines is 1. The number of carbonyl (C=O) groups is 2. The SMILES string of the molecule is O=C(CC1NC(=O)CC(N2CCOCC2)N1)Nc1cc(F)cc(F)c1. The van der Waals surface area contributed by atoms with Crippen molar-refractivity contribution in [3.05, 3.63) is 29.8 Å². The summed E-state index contributed by atoms with van der Waals surface area (Å²) in [5.41, 5.74) is 0.0364. The summed E-state index contributed by atoms with van der Waals surface area (Å²) in [6.07, 6.45) is -0.465. The molecule has 2 aliphatic heterocycles. The van der Waals surface area contributed by atoms with E-state index in [1.165, 1.54) is 0 Å². The van der Waals surface area contributed by atoms with E-state index in [-0.39, 0.29) is 24.2 Å². The zero-order chi connectivity index (χ0) is 17.8. The normalized spacial score (nSPS) is 24.6. The van der Waals surface area contributed by atoms with Gasteiger partial charge in [0.25, 0.3) is 0 Å². The first-order valence-electron chi connectivity index (χ1n) is 8.13. The minimum absolute atomic E-state index is 0.0364. The van der Waals surface area contributed by atoms with Crippen LogP contribution < -0.4 is 16.0 Å². The van der Waals surface area contributed by atoms with Crippen molar-refractivity contribution in [3.8, 4) is 0 Å². The number of rotatable bonds is 4. The highest BCUT2D eigenvalue weighted by molar-refractivity contribution is 5.91. The van der Waals surface area contributed by atoms with Crippen LogP contribution in [0.3, 0.4) is 0 Å². The summed E-state index contributed by atoms with van der Waals surface area (Å²) in [5, 5.41) is 8.37. The Morgan fingerprint density at radius 2 is 1.92 bits per heavy atom. The summed E-state index contributed by atoms with van der Waals surface area (Å²) in [4.78, 5) is 26.1. The van der Waals surface area contributed by atoms with Crippen LogP contribution in [0.4, 0.5) is 14.5 Å². The quantitative estimate of drug-likeness (QED) is 0.729. The summed E-state index contributed by atoms with van der Waals surface area (Å²) in [7, 11) is 0. The van der Waals surface area contributed by atoms with Crippen molar-refractivity contribution in [3.63, 3.8) is 0 Å². The summed E-state index contributed by atoms with van der Waals surface area (Å²) >= 11 is 0. The molecule has 1 aromatic rings. The molecule has 2 aliphatic rings. The fourth-order valence-electron chi connectivity index (χ4n) is 3.02. The molecule has 0 spiro atoms. The molecule has 2 unspecified atom stereocenters. The van der Waals surface area contributed by atoms with Gasteiger partial charge in [0.1, 0.15) is 11.6 Å². The Morgan fingerprint density at radius 3 is 2.60 bits per heavy atom. The fraction of sp³-hybridized carbons (Fsp3) is 0.500. The second-order valence-electron chi connectivity index (χ2n) is 6.07. The van der Waals surface area contributed by atoms with Crippen LogP contribution in [0.2, 0.25) is 0 Å². The molecule has 3 N–H and O–H groups in total. The molecular weight excluding hydrogens is 334 g/mol. The van der Waals surface area contributed by atoms with Gasteiger partial charge in [-0.1, -0.05) is 0 Å². The molecule has 0 bridgehead atoms. The highest BCUT2D eigenvalue weighted by atomic mass is 19.1. The Balaban J connectivity index is 1.57. The fourth-order valence-corrected chi connectivity index (χ4v) is 3.02. The van der Waals surface area contributed by atoms with Crippen molar-refractivity contribution < 1.29 is 23.1 Å². The number of hydrogen-bond donors (Lipinski definition) is 3. The van der Waals surface area contributed by atoms with Gasteiger partial charge in [0, 0.05) is 24.8 Å². The Hall–Kier alpha value is -2.10. The zero-order valence-corrected chi connectivity index (χ0v) is 13.6. The van der Waals surface area contributed by atoms with E-state index in [0.717, 1.165) is 18.2 Å². The largest absolute Gasteiger partial charge is 0.379 e. The maximum absolute atomic E-state index is 13.2. The van der Waals surface area contributed by atoms with Crippen LogP contribution in [0.5, 0.6) is 0 Å². The second-order valence-corrected chi connectivity index (χ2v) is 6.07. The number of benzene rings is 1. The van der Waals surface area contributed by atoms with Crippen molar-refractivity contribution in [2.75, 3.05) is 31.6 Å². The maximum Gasteiger partial charge on any atom is 0.227 e. The number of ether oxygens (including phenoxy) is 1. The van der Waals surface area contributed by atoms with Gasteiger partial charge in [-0.25, -0.2) is 8.78 Å². The van der Waals surface area contributed by atoms with Gasteiger partial charge >= 0.3 is 0 Å². The Labute approximate surface area is 143 Å². The number of nitrogens with one attached hydrogen (secondary N) is 3. The molecule has 3 rings (SSSR count). The van der Waals surface area contributed by atoms with Crippen LogP contribution in [0.25, 0.3) is 0 Å². The molecule has 0 aliphatic carbocycles. The maximum atomic E-state index is 13.2. The van der Waals surface area contributed by atoms with Crippen molar-refractivity contribution in [2.45, 2.75) is 25.2 Å². The van der Waals surface area contributed by atoms with E-state index in [2.05, 4.69) is 20.9 Å². The van der Waals surface area contributed by atoms with E-state index < -0.39 is 23.7 Å². The molecule has 2 heterocycles. The standard InChI is InChI=1S/C16H20F2N4O3/c17-10-5-11(18)7-12(6-10)19-15(23)8-13-20-14(9-16(24)21-13)22-1-3-25-4-2-22/h5-7,13-14,20H,1-4,8-9H2,(H,19,23)(H,21,24). The Bertz CT molecular complexity index is 632. The number of halogens is 2. The monoisotopic (exact) mass is 354 g/mol. The van der Waals surface area contributed by atoms with Gasteiger partial charge in [-0.2, -0.15) is 0 Å². The third kappa shape index (κ3) is 4.94. The summed E-state index contributed by atoms with van der Waals surface area (Å²) in [6.45, 7) is 2.64. The summed E-state index contributed by atoms with van der Waals surface area (Å²) in [5.74, 6) is -2.14. The predicted molar refractivity (Wildman–Crippen MR) is 85.5 cm³/mol. The summed E-state index contributed by atoms with van der Waals surface area (Å²) in [6, 6.07) is 2.79. The van der Waals surface area contributed by atoms with E-state index in [0.29, 0.717) is 32.7 Å². The average Bonchev–Trinajstić information content (AvgIpc) is 2.54. The van der Waals surface area contributed by atoms with Crippen molar-refractivity contribution >= 4 is 17.5 Å². The average molecular weight is 354 g/mol. The molecule has 25 heavy (non-hydrogen) atoms. The van der Waals surface area contributed by atoms with Crippen molar-refractivity contribution in [1.82, 2.24) is 15.5 Å². The van der Waals surface area contributed by atoms with Gasteiger partial charge in [0.15, 0.2) is 0 Å². The van der Waals surface area contributed by atoms with E-state index >= 15 is 0 Å². The molecule has 2 atom stereocenters. The van der Waals surface area contributed by atoms with E-state index in [9.17, 15) is 18.4 Å². The molecule has 0 radical (unpaired) electrons. The molecule has 2 amide bonds. The molecule has 2 saturated heterocycles. The first-order valence-corrected chi connectivity index (χ1v) is 8.13. The van der Waals surface area contributed by atoms with Gasteiger partial charge in [-0.3, -0.25) is 19.8 Å². The smallest absolute Gasteiger partial charge is 0.227 e. The number of carbonyl (C=O) groups excluding carboxylic acids is 2. The van der Waals surface area contributed by atoms with Crippen molar-refractivity contribution in [2.24, 2.45) is 0 Å². The van der Waals surface area contributed by atoms with Crippen LogP contribution in [-0.4, -0.2) is 55.3 Å². The topological polar surface area (TPSA) is 82.7 Å². The van der Waals surface area contributed by atoms with E-state index in [4.69, 9.17) is 4.74 Å². The van der Waals surface area contributed by atoms with Gasteiger partial charge in [-0.05, 0) is 12.1 Å². The Kier molecular flexibility index (Phi) is 5.57. The second kappa shape index (κ2) is 7.85. The zero-order valence-electron chi connectivity index (χ0n) is 13.6. The lowest BCUT2D eigenvalue weighted by molar-refractivity contribution is -0.128. The Morgan fingerprint density at radius 1 is 1.24 bits per heavy atom. The van der Waals surface area contributed by atoms with Crippen LogP contribution in [0.1, 0.15) is 12.8 Å². The third-order valence-corrected chi connectivity index (χ3v) is 4.13. The molecule has 136 valence electrons. The van der Waals surface area contributed by atoms with E-state index in [1.54, 1.807) is 0 Å². The molecule has 0 saturated carbocycles. The molecular formula is C16H20F2N4O3. The van der Waals surface area contributed by atoms with Gasteiger partial charge in [0.2, 0.25) is 11.8 Å². The van der Waals surface area contributed by atoms with Crippen molar-refractivity contribution in [1.29, 1.82) is 0 Å². The number of hydrogen-bond acceptors (Lipinski definition) is 5. The van der Waals surface area contributed by atoms with Crippen LogP contribution in [0, 0.1) is 11.6 Å². The third-order valence-electron chi connectivity index (χ3n) is 4.13. The first-order chi connectivity index (χ1) is 12.0. The van der Waals surface area contributed by atoms with Gasteiger partial charge in [0.05, 0.1) is 38.4 Å². The minimum Gasteiger partial charge on any atom is -0.379 e. The molecule has 9 heteroatoms. The summed E-state index contributed by atoms with van der Waals surface area (Å²) < 4.78 is 31.6. The molecule has 7 nitrogen and oxygen atoms in total. The lowest BCUT2D eigenvalue weighted by Gasteiger charge is -2.40. The van der Waals surface area contributed by atoms with Gasteiger partial charge in [-0.15, -0.1) is 0 Å². The van der Waals surface area contributed by atoms with Crippen LogP contribution in [0.15, 0.2) is 18.2 Å². The number of morpholine rings is 1. The number of nitrogens with zero attached hydrogens (tertiary/aromatic N) is 1. The lowest BCUT2D eigenvalue weighted by atomic mass is 10.1. The molecule has 1 aromatic carbocycles. The lowest BCUT2D eigenvalue weighted by Crippen LogP contribution is -2.63. The van der Waals surface area contributed by atoms with Gasteiger partial charge < -0.3 is 15.4 Å². The highest BCUT2D eigenvalue weighted by Crippen LogP contribution is 2.14. The highest BCUT2D eigenvalue weighted by Gasteiger charge is 2.31. The predicted octanol–water partition coefficient (Wildman–Crippen LogP) is 0.387. The number of amides is 2. The van der Waals surface area contributed by atoms with Crippen LogP contribution in [-0.2, 0) is 14.3 Å². The van der Waals surface area contributed by atoms with Crippen LogP contribution >= 0.6 is 0 Å². The molecule has 0 aromatic heterocycles. The van der Waals surface area contributed by atoms with E-state index in [1.807, 2.05) is 0 Å². The minimum atomic E-state index is -0.772. The molecule has 2 fully saturated rings.